The maximum Gasteiger partial charge on any atom is 0.262 e. The maximum atomic E-state index is 12.7. The predicted molar refractivity (Wildman–Crippen MR) is 103 cm³/mol. The number of anilines is 1. The van der Waals surface area contributed by atoms with E-state index in [-0.39, 0.29) is 17.7 Å². The Labute approximate surface area is 154 Å². The van der Waals surface area contributed by atoms with Crippen molar-refractivity contribution in [2.75, 3.05) is 5.32 Å². The molecule has 5 nitrogen and oxygen atoms in total. The van der Waals surface area contributed by atoms with E-state index < -0.39 is 6.04 Å². The van der Waals surface area contributed by atoms with E-state index in [1.54, 1.807) is 6.07 Å². The SMILES string of the molecule is Cc1cccc2sc(NC(=O)C(NC(=O)c3cccs3)C(C)C)nc12. The lowest BCUT2D eigenvalue weighted by Crippen LogP contribution is -2.46. The van der Waals surface area contributed by atoms with Crippen molar-refractivity contribution in [1.82, 2.24) is 10.3 Å². The normalized spacial score (nSPS) is 12.3. The van der Waals surface area contributed by atoms with Crippen LogP contribution in [0.5, 0.6) is 0 Å². The van der Waals surface area contributed by atoms with E-state index in [2.05, 4.69) is 15.6 Å². The standard InChI is InChI=1S/C18H19N3O2S2/c1-10(2)14(19-16(22)13-8-5-9-24-13)17(23)21-18-20-15-11(3)6-4-7-12(15)25-18/h4-10,14H,1-3H3,(H,19,22)(H,20,21,23). The summed E-state index contributed by atoms with van der Waals surface area (Å²) in [4.78, 5) is 30.0. The second kappa shape index (κ2) is 7.33. The van der Waals surface area contributed by atoms with Crippen LogP contribution in [0, 0.1) is 12.8 Å². The smallest absolute Gasteiger partial charge is 0.262 e. The molecule has 0 fully saturated rings. The van der Waals surface area contributed by atoms with Crippen LogP contribution in [0.25, 0.3) is 10.2 Å². The van der Waals surface area contributed by atoms with Gasteiger partial charge in [0.25, 0.3) is 5.91 Å². The number of carbonyl (C=O) groups is 2. The number of para-hydroxylation sites is 1. The molecule has 2 amide bonds. The van der Waals surface area contributed by atoms with Gasteiger partial charge in [-0.3, -0.25) is 9.59 Å². The summed E-state index contributed by atoms with van der Waals surface area (Å²) in [7, 11) is 0. The molecule has 0 radical (unpaired) electrons. The molecule has 0 saturated heterocycles. The molecule has 2 heterocycles. The zero-order valence-electron chi connectivity index (χ0n) is 14.2. The van der Waals surface area contributed by atoms with Crippen LogP contribution >= 0.6 is 22.7 Å². The summed E-state index contributed by atoms with van der Waals surface area (Å²) in [6.07, 6.45) is 0. The molecule has 7 heteroatoms. The average molecular weight is 374 g/mol. The van der Waals surface area contributed by atoms with Gasteiger partial charge in [-0.1, -0.05) is 43.4 Å². The van der Waals surface area contributed by atoms with Gasteiger partial charge in [-0.15, -0.1) is 11.3 Å². The number of amides is 2. The Morgan fingerprint density at radius 1 is 1.16 bits per heavy atom. The Hall–Kier alpha value is -2.25. The van der Waals surface area contributed by atoms with Gasteiger partial charge in [0.1, 0.15) is 6.04 Å². The maximum absolute atomic E-state index is 12.7. The van der Waals surface area contributed by atoms with E-state index in [0.29, 0.717) is 10.0 Å². The van der Waals surface area contributed by atoms with E-state index in [9.17, 15) is 9.59 Å². The molecular weight excluding hydrogens is 354 g/mol. The van der Waals surface area contributed by atoms with Gasteiger partial charge in [-0.25, -0.2) is 4.98 Å². The van der Waals surface area contributed by atoms with E-state index in [1.165, 1.54) is 22.7 Å². The van der Waals surface area contributed by atoms with Gasteiger partial charge in [0.2, 0.25) is 5.91 Å². The largest absolute Gasteiger partial charge is 0.339 e. The van der Waals surface area contributed by atoms with Crippen molar-refractivity contribution >= 4 is 49.8 Å². The molecule has 1 unspecified atom stereocenters. The fourth-order valence-electron chi connectivity index (χ4n) is 2.48. The molecule has 0 aliphatic rings. The van der Waals surface area contributed by atoms with Crippen LogP contribution in [0.2, 0.25) is 0 Å². The van der Waals surface area contributed by atoms with E-state index in [4.69, 9.17) is 0 Å². The minimum Gasteiger partial charge on any atom is -0.339 e. The third kappa shape index (κ3) is 3.88. The number of fused-ring (bicyclic) bond motifs is 1. The third-order valence-corrected chi connectivity index (χ3v) is 5.64. The van der Waals surface area contributed by atoms with Crippen molar-refractivity contribution in [3.05, 3.63) is 46.2 Å². The number of carbonyl (C=O) groups excluding carboxylic acids is 2. The number of hydrogen-bond acceptors (Lipinski definition) is 5. The van der Waals surface area contributed by atoms with Gasteiger partial charge in [-0.2, -0.15) is 0 Å². The van der Waals surface area contributed by atoms with Crippen LogP contribution < -0.4 is 10.6 Å². The topological polar surface area (TPSA) is 71.1 Å². The Bertz CT molecular complexity index is 900. The predicted octanol–water partition coefficient (Wildman–Crippen LogP) is 4.06. The van der Waals surface area contributed by atoms with Crippen molar-refractivity contribution < 1.29 is 9.59 Å². The van der Waals surface area contributed by atoms with Gasteiger partial charge in [-0.05, 0) is 35.9 Å². The van der Waals surface area contributed by atoms with Gasteiger partial charge in [0.15, 0.2) is 5.13 Å². The summed E-state index contributed by atoms with van der Waals surface area (Å²) in [5, 5.41) is 8.05. The minimum absolute atomic E-state index is 0.0416. The number of thiazole rings is 1. The quantitative estimate of drug-likeness (QED) is 0.708. The van der Waals surface area contributed by atoms with Gasteiger partial charge >= 0.3 is 0 Å². The van der Waals surface area contributed by atoms with Crippen molar-refractivity contribution in [2.24, 2.45) is 5.92 Å². The lowest BCUT2D eigenvalue weighted by atomic mass is 10.0. The van der Waals surface area contributed by atoms with E-state index in [1.807, 2.05) is 50.4 Å². The van der Waals surface area contributed by atoms with Gasteiger partial charge in [0, 0.05) is 0 Å². The molecule has 1 aromatic carbocycles. The average Bonchev–Trinajstić information content (AvgIpc) is 3.21. The second-order valence-corrected chi connectivity index (χ2v) is 8.08. The van der Waals surface area contributed by atoms with Crippen LogP contribution in [-0.2, 0) is 4.79 Å². The molecule has 0 bridgehead atoms. The third-order valence-electron chi connectivity index (χ3n) is 3.83. The fourth-order valence-corrected chi connectivity index (χ4v) is 4.05. The monoisotopic (exact) mass is 373 g/mol. The molecule has 3 rings (SSSR count). The van der Waals surface area contributed by atoms with Gasteiger partial charge < -0.3 is 10.6 Å². The van der Waals surface area contributed by atoms with Crippen LogP contribution in [0.4, 0.5) is 5.13 Å². The Balaban J connectivity index is 1.76. The number of aryl methyl sites for hydroxylation is 1. The Morgan fingerprint density at radius 3 is 2.60 bits per heavy atom. The van der Waals surface area contributed by atoms with E-state index >= 15 is 0 Å². The first-order chi connectivity index (χ1) is 12.0. The van der Waals surface area contributed by atoms with Crippen molar-refractivity contribution in [3.63, 3.8) is 0 Å². The Morgan fingerprint density at radius 2 is 1.96 bits per heavy atom. The number of nitrogens with one attached hydrogen (secondary N) is 2. The molecular formula is C18H19N3O2S2. The summed E-state index contributed by atoms with van der Waals surface area (Å²) < 4.78 is 1.03. The molecule has 0 saturated carbocycles. The summed E-state index contributed by atoms with van der Waals surface area (Å²) in [6.45, 7) is 5.80. The number of thiophene rings is 1. The molecule has 0 spiro atoms. The molecule has 130 valence electrons. The first-order valence-corrected chi connectivity index (χ1v) is 9.66. The number of rotatable bonds is 5. The summed E-state index contributed by atoms with van der Waals surface area (Å²) in [5.41, 5.74) is 1.96. The molecule has 0 aliphatic heterocycles. The number of aromatic nitrogens is 1. The molecule has 2 aromatic heterocycles. The number of nitrogens with zero attached hydrogens (tertiary/aromatic N) is 1. The first kappa shape index (κ1) is 17.6. The van der Waals surface area contributed by atoms with Crippen molar-refractivity contribution in [3.8, 4) is 0 Å². The highest BCUT2D eigenvalue weighted by atomic mass is 32.1. The van der Waals surface area contributed by atoms with Crippen molar-refractivity contribution in [2.45, 2.75) is 26.8 Å². The highest BCUT2D eigenvalue weighted by Gasteiger charge is 2.26. The highest BCUT2D eigenvalue weighted by Crippen LogP contribution is 2.28. The van der Waals surface area contributed by atoms with Crippen LogP contribution in [0.1, 0.15) is 29.1 Å². The lowest BCUT2D eigenvalue weighted by molar-refractivity contribution is -0.118. The van der Waals surface area contributed by atoms with Gasteiger partial charge in [0.05, 0.1) is 15.1 Å². The molecule has 25 heavy (non-hydrogen) atoms. The number of hydrogen-bond donors (Lipinski definition) is 2. The van der Waals surface area contributed by atoms with Crippen LogP contribution in [-0.4, -0.2) is 22.8 Å². The molecule has 2 N–H and O–H groups in total. The molecule has 3 aromatic rings. The second-order valence-electron chi connectivity index (χ2n) is 6.10. The molecule has 1 atom stereocenters. The summed E-state index contributed by atoms with van der Waals surface area (Å²) in [5.74, 6) is -0.527. The minimum atomic E-state index is -0.622. The summed E-state index contributed by atoms with van der Waals surface area (Å²) in [6, 6.07) is 8.88. The number of benzene rings is 1. The Kier molecular flexibility index (Phi) is 5.15. The highest BCUT2D eigenvalue weighted by molar-refractivity contribution is 7.22. The zero-order valence-corrected chi connectivity index (χ0v) is 15.8. The van der Waals surface area contributed by atoms with Crippen LogP contribution in [0.3, 0.4) is 0 Å². The van der Waals surface area contributed by atoms with Crippen molar-refractivity contribution in [1.29, 1.82) is 0 Å². The van der Waals surface area contributed by atoms with Crippen LogP contribution in [0.15, 0.2) is 35.7 Å². The van der Waals surface area contributed by atoms with E-state index in [0.717, 1.165) is 15.8 Å². The summed E-state index contributed by atoms with van der Waals surface area (Å²) >= 11 is 2.78. The fraction of sp³-hybridized carbons (Fsp3) is 0.278. The zero-order chi connectivity index (χ0) is 18.0. The molecule has 0 aliphatic carbocycles. The lowest BCUT2D eigenvalue weighted by Gasteiger charge is -2.20. The first-order valence-electron chi connectivity index (χ1n) is 7.97.